The number of carbonyl (C=O) groups is 1. The van der Waals surface area contributed by atoms with E-state index in [1.807, 2.05) is 6.07 Å². The molecule has 1 amide bonds. The fourth-order valence-electron chi connectivity index (χ4n) is 3.16. The minimum Gasteiger partial charge on any atom is -0.488 e. The number of ether oxygens (including phenoxy) is 1. The Morgan fingerprint density at radius 3 is 3.13 bits per heavy atom. The lowest BCUT2D eigenvalue weighted by atomic mass is 10.2. The van der Waals surface area contributed by atoms with Crippen LogP contribution < -0.4 is 15.0 Å². The highest BCUT2D eigenvalue weighted by Gasteiger charge is 2.30. The molecule has 0 saturated heterocycles. The molecule has 0 aliphatic carbocycles. The van der Waals surface area contributed by atoms with E-state index in [0.717, 1.165) is 5.56 Å². The Balaban J connectivity index is 1.43. The van der Waals surface area contributed by atoms with Gasteiger partial charge >= 0.3 is 0 Å². The molecular formula is C20H18FN7O2. The number of hydrogen-bond acceptors (Lipinski definition) is 7. The molecule has 30 heavy (non-hydrogen) atoms. The third kappa shape index (κ3) is 3.97. The summed E-state index contributed by atoms with van der Waals surface area (Å²) >= 11 is 0. The number of amides is 1. The molecule has 9 nitrogen and oxygen atoms in total. The summed E-state index contributed by atoms with van der Waals surface area (Å²) < 4.78 is 21.5. The van der Waals surface area contributed by atoms with E-state index in [-0.39, 0.29) is 31.3 Å². The van der Waals surface area contributed by atoms with Crippen LogP contribution in [0.5, 0.6) is 5.75 Å². The first-order valence-electron chi connectivity index (χ1n) is 9.20. The minimum atomic E-state index is -0.676. The summed E-state index contributed by atoms with van der Waals surface area (Å²) in [5, 5.41) is 16.2. The van der Waals surface area contributed by atoms with Crippen LogP contribution in [0.25, 0.3) is 0 Å². The van der Waals surface area contributed by atoms with Crippen molar-refractivity contribution in [2.45, 2.75) is 19.1 Å². The quantitative estimate of drug-likeness (QED) is 0.678. The Morgan fingerprint density at radius 1 is 1.43 bits per heavy atom. The summed E-state index contributed by atoms with van der Waals surface area (Å²) in [7, 11) is 1.62. The zero-order valence-corrected chi connectivity index (χ0v) is 16.1. The van der Waals surface area contributed by atoms with Crippen molar-refractivity contribution in [3.05, 3.63) is 65.6 Å². The number of nitrogens with zero attached hydrogens (tertiary/aromatic N) is 6. The van der Waals surface area contributed by atoms with Crippen LogP contribution >= 0.6 is 0 Å². The predicted octanol–water partition coefficient (Wildman–Crippen LogP) is 1.25. The van der Waals surface area contributed by atoms with Gasteiger partial charge in [0.25, 0.3) is 0 Å². The van der Waals surface area contributed by atoms with Gasteiger partial charge in [-0.25, -0.2) is 9.37 Å². The van der Waals surface area contributed by atoms with Gasteiger partial charge in [0.05, 0.1) is 18.3 Å². The van der Waals surface area contributed by atoms with Crippen molar-refractivity contribution >= 4 is 11.7 Å². The first-order valence-corrected chi connectivity index (χ1v) is 9.20. The summed E-state index contributed by atoms with van der Waals surface area (Å²) in [6, 6.07) is 6.49. The van der Waals surface area contributed by atoms with E-state index in [4.69, 9.17) is 10.00 Å². The highest BCUT2D eigenvalue weighted by Crippen LogP contribution is 2.27. The number of halogens is 1. The Labute approximate surface area is 171 Å². The fourth-order valence-corrected chi connectivity index (χ4v) is 3.16. The molecule has 3 aromatic heterocycles. The number of aromatic nitrogens is 4. The van der Waals surface area contributed by atoms with Crippen molar-refractivity contribution in [1.82, 2.24) is 25.1 Å². The van der Waals surface area contributed by atoms with Crippen molar-refractivity contribution in [2.24, 2.45) is 0 Å². The second-order valence-electron chi connectivity index (χ2n) is 6.78. The lowest BCUT2D eigenvalue weighted by molar-refractivity contribution is -0.120. The minimum absolute atomic E-state index is 0.0483. The SMILES string of the molecule is CN1C(=O)[C@@H](NCc2nn(Cc3cncc(C#N)c3)cc2F)COc2cccnc21. The third-order valence-corrected chi connectivity index (χ3v) is 4.67. The molecule has 0 unspecified atom stereocenters. The number of anilines is 1. The Morgan fingerprint density at radius 2 is 2.30 bits per heavy atom. The van der Waals surface area contributed by atoms with Gasteiger partial charge in [0.15, 0.2) is 17.4 Å². The van der Waals surface area contributed by atoms with E-state index >= 15 is 0 Å². The van der Waals surface area contributed by atoms with Crippen LogP contribution in [0.15, 0.2) is 43.0 Å². The Kier molecular flexibility index (Phi) is 5.36. The number of likely N-dealkylation sites (N-methyl/N-ethyl adjacent to an activating group) is 1. The van der Waals surface area contributed by atoms with Gasteiger partial charge in [-0.3, -0.25) is 24.7 Å². The Bertz CT molecular complexity index is 1120. The number of fused-ring (bicyclic) bond motifs is 1. The third-order valence-electron chi connectivity index (χ3n) is 4.67. The van der Waals surface area contributed by atoms with Gasteiger partial charge in [-0.1, -0.05) is 0 Å². The van der Waals surface area contributed by atoms with Gasteiger partial charge < -0.3 is 4.74 Å². The number of hydrogen-bond donors (Lipinski definition) is 1. The van der Waals surface area contributed by atoms with E-state index < -0.39 is 11.9 Å². The van der Waals surface area contributed by atoms with Gasteiger partial charge in [0.1, 0.15) is 24.4 Å². The van der Waals surface area contributed by atoms with Gasteiger partial charge in [0, 0.05) is 32.2 Å². The normalized spacial score (nSPS) is 15.8. The highest BCUT2D eigenvalue weighted by atomic mass is 19.1. The molecule has 0 saturated carbocycles. The number of nitriles is 1. The first-order chi connectivity index (χ1) is 14.5. The van der Waals surface area contributed by atoms with Gasteiger partial charge in [0.2, 0.25) is 5.91 Å². The lowest BCUT2D eigenvalue weighted by Crippen LogP contribution is -2.47. The average Bonchev–Trinajstić information content (AvgIpc) is 3.06. The molecule has 0 spiro atoms. The molecule has 1 N–H and O–H groups in total. The molecule has 4 rings (SSSR count). The standard InChI is InChI=1S/C20H18FN7O2/c1-27-19-18(3-2-4-24-19)30-12-17(20(27)29)25-9-16-15(21)11-28(26-16)10-14-5-13(6-22)7-23-8-14/h2-5,7-8,11,17,25H,9-10,12H2,1H3/t17-/m0/s1. The van der Waals surface area contributed by atoms with Crippen LogP contribution in [0.3, 0.4) is 0 Å². The van der Waals surface area contributed by atoms with E-state index in [1.54, 1.807) is 37.6 Å². The lowest BCUT2D eigenvalue weighted by Gasteiger charge is -2.19. The molecule has 0 radical (unpaired) electrons. The van der Waals surface area contributed by atoms with Crippen molar-refractivity contribution < 1.29 is 13.9 Å². The smallest absolute Gasteiger partial charge is 0.248 e. The maximum absolute atomic E-state index is 14.4. The second kappa shape index (κ2) is 8.26. The largest absolute Gasteiger partial charge is 0.488 e. The van der Waals surface area contributed by atoms with Crippen LogP contribution in [-0.2, 0) is 17.9 Å². The van der Waals surface area contributed by atoms with Crippen molar-refractivity contribution in [3.8, 4) is 11.8 Å². The Hall–Kier alpha value is -3.84. The molecule has 0 fully saturated rings. The van der Waals surface area contributed by atoms with Crippen molar-refractivity contribution in [1.29, 1.82) is 5.26 Å². The van der Waals surface area contributed by atoms with Gasteiger partial charge in [-0.05, 0) is 23.8 Å². The van der Waals surface area contributed by atoms with Gasteiger partial charge in [-0.2, -0.15) is 10.4 Å². The molecule has 1 atom stereocenters. The number of pyridine rings is 2. The highest BCUT2D eigenvalue weighted by molar-refractivity contribution is 5.97. The van der Waals surface area contributed by atoms with E-state index in [1.165, 1.54) is 22.0 Å². The number of rotatable bonds is 5. The average molecular weight is 407 g/mol. The topological polar surface area (TPSA) is 109 Å². The van der Waals surface area contributed by atoms with Crippen LogP contribution in [0.4, 0.5) is 10.2 Å². The van der Waals surface area contributed by atoms with E-state index in [9.17, 15) is 9.18 Å². The van der Waals surface area contributed by atoms with E-state index in [0.29, 0.717) is 17.1 Å². The van der Waals surface area contributed by atoms with Crippen LogP contribution in [0, 0.1) is 17.1 Å². The maximum atomic E-state index is 14.4. The molecule has 0 aromatic carbocycles. The summed E-state index contributed by atoms with van der Waals surface area (Å²) in [6.07, 6.45) is 5.91. The molecule has 1 aliphatic heterocycles. The maximum Gasteiger partial charge on any atom is 0.248 e. The number of nitrogens with one attached hydrogen (secondary N) is 1. The van der Waals surface area contributed by atoms with E-state index in [2.05, 4.69) is 20.4 Å². The monoisotopic (exact) mass is 407 g/mol. The van der Waals surface area contributed by atoms with Crippen molar-refractivity contribution in [3.63, 3.8) is 0 Å². The molecule has 152 valence electrons. The second-order valence-corrected chi connectivity index (χ2v) is 6.78. The van der Waals surface area contributed by atoms with Crippen LogP contribution in [0.2, 0.25) is 0 Å². The molecule has 10 heteroatoms. The predicted molar refractivity (Wildman–Crippen MR) is 104 cm³/mol. The van der Waals surface area contributed by atoms with Crippen molar-refractivity contribution in [2.75, 3.05) is 18.6 Å². The van der Waals surface area contributed by atoms with Crippen LogP contribution in [0.1, 0.15) is 16.8 Å². The summed E-state index contributed by atoms with van der Waals surface area (Å²) in [5.41, 5.74) is 1.33. The summed E-state index contributed by atoms with van der Waals surface area (Å²) in [5.74, 6) is 0.232. The molecule has 4 heterocycles. The number of carbonyl (C=O) groups excluding carboxylic acids is 1. The first kappa shape index (κ1) is 19.5. The fraction of sp³-hybridized carbons (Fsp3) is 0.250. The summed E-state index contributed by atoms with van der Waals surface area (Å²) in [4.78, 5) is 22.3. The molecular weight excluding hydrogens is 389 g/mol. The zero-order chi connectivity index (χ0) is 21.1. The molecule has 0 bridgehead atoms. The molecule has 1 aliphatic rings. The summed E-state index contributed by atoms with van der Waals surface area (Å²) in [6.45, 7) is 0.415. The molecule has 3 aromatic rings. The van der Waals surface area contributed by atoms with Crippen LogP contribution in [-0.4, -0.2) is 45.4 Å². The van der Waals surface area contributed by atoms with Gasteiger partial charge in [-0.15, -0.1) is 0 Å². The zero-order valence-electron chi connectivity index (χ0n) is 16.1.